The maximum absolute atomic E-state index is 6.49. The first-order valence-electron chi connectivity index (χ1n) is 15.6. The molecule has 1 aromatic heterocycles. The number of ether oxygens (including phenoxy) is 2. The van der Waals surface area contributed by atoms with Gasteiger partial charge in [0.1, 0.15) is 18.2 Å². The number of hydrogen-bond acceptors (Lipinski definition) is 7. The number of nitrogens with two attached hydrogens (primary N) is 1. The van der Waals surface area contributed by atoms with E-state index in [4.69, 9.17) is 25.2 Å². The third-order valence-electron chi connectivity index (χ3n) is 8.79. The predicted octanol–water partition coefficient (Wildman–Crippen LogP) is 6.74. The van der Waals surface area contributed by atoms with Crippen LogP contribution in [-0.4, -0.2) is 44.5 Å². The van der Waals surface area contributed by atoms with E-state index in [1.54, 1.807) is 0 Å². The van der Waals surface area contributed by atoms with E-state index < -0.39 is 5.54 Å². The third-order valence-corrected chi connectivity index (χ3v) is 8.79. The van der Waals surface area contributed by atoms with Gasteiger partial charge in [0.05, 0.1) is 24.3 Å². The van der Waals surface area contributed by atoms with Crippen LogP contribution in [0.25, 0.3) is 22.0 Å². The van der Waals surface area contributed by atoms with Gasteiger partial charge in [-0.05, 0) is 102 Å². The van der Waals surface area contributed by atoms with Gasteiger partial charge in [0.2, 0.25) is 0 Å². The van der Waals surface area contributed by atoms with Gasteiger partial charge in [-0.3, -0.25) is 4.99 Å². The van der Waals surface area contributed by atoms with Crippen LogP contribution in [0.4, 0.5) is 5.82 Å². The molecule has 0 saturated carbocycles. The lowest BCUT2D eigenvalue weighted by atomic mass is 9.76. The minimum absolute atomic E-state index is 0.133. The molecule has 0 aliphatic carbocycles. The fourth-order valence-electron chi connectivity index (χ4n) is 6.49. The lowest BCUT2D eigenvalue weighted by molar-refractivity contribution is 0.122. The second-order valence-corrected chi connectivity index (χ2v) is 12.2. The molecule has 3 aromatic carbocycles. The van der Waals surface area contributed by atoms with Gasteiger partial charge in [-0.2, -0.15) is 0 Å². The highest BCUT2D eigenvalue weighted by Gasteiger charge is 2.36. The maximum atomic E-state index is 6.49. The van der Waals surface area contributed by atoms with Gasteiger partial charge in [0.15, 0.2) is 0 Å². The van der Waals surface area contributed by atoms with Crippen molar-refractivity contribution in [2.45, 2.75) is 45.9 Å². The Morgan fingerprint density at radius 1 is 1.02 bits per heavy atom. The van der Waals surface area contributed by atoms with Gasteiger partial charge < -0.3 is 25.4 Å². The Bertz CT molecular complexity index is 1720. The Labute approximate surface area is 260 Å². The molecule has 1 fully saturated rings. The zero-order valence-corrected chi connectivity index (χ0v) is 26.4. The van der Waals surface area contributed by atoms with E-state index in [-0.39, 0.29) is 6.04 Å². The largest absolute Gasteiger partial charge is 0.489 e. The zero-order chi connectivity index (χ0) is 30.8. The Hall–Kier alpha value is -4.04. The summed E-state index contributed by atoms with van der Waals surface area (Å²) in [5.74, 6) is 2.13. The van der Waals surface area contributed by atoms with Gasteiger partial charge in [-0.15, -0.1) is 0 Å². The standard InChI is InChI=1S/C37H43N5O2/c1-24(2)21-40-22-25(3)37(39-5)29-9-11-32(26(4)38)28(17-29)23-44-31-8-6-7-27(18-31)33-20-36(42-13-15-43-16-14-42)41-35-12-10-30(37)19-34(33)35/h6-12,17-22,24,26,39H,13-16,23,38H2,1-5H3/b25-22+,40-21?/t26?,37-/m1/s1. The summed E-state index contributed by atoms with van der Waals surface area (Å²) in [7, 11) is 2.02. The van der Waals surface area contributed by atoms with Crippen molar-refractivity contribution in [2.75, 3.05) is 38.3 Å². The number of fused-ring (bicyclic) bond motifs is 6. The minimum Gasteiger partial charge on any atom is -0.489 e. The fraction of sp³-hybridized carbons (Fsp3) is 0.351. The monoisotopic (exact) mass is 589 g/mol. The van der Waals surface area contributed by atoms with Gasteiger partial charge in [0, 0.05) is 36.9 Å². The predicted molar refractivity (Wildman–Crippen MR) is 181 cm³/mol. The highest BCUT2D eigenvalue weighted by molar-refractivity contribution is 5.97. The van der Waals surface area contributed by atoms with Crippen molar-refractivity contribution in [3.05, 3.63) is 101 Å². The summed E-state index contributed by atoms with van der Waals surface area (Å²) in [5, 5.41) is 4.82. The molecule has 4 aromatic rings. The van der Waals surface area contributed by atoms with Crippen LogP contribution in [0.1, 0.15) is 56.0 Å². The molecule has 3 heterocycles. The van der Waals surface area contributed by atoms with E-state index in [2.05, 4.69) is 91.7 Å². The summed E-state index contributed by atoms with van der Waals surface area (Å²) in [4.78, 5) is 12.2. The normalized spacial score (nSPS) is 19.5. The number of morpholine rings is 1. The van der Waals surface area contributed by atoms with Crippen molar-refractivity contribution in [2.24, 2.45) is 16.6 Å². The number of hydrogen-bond donors (Lipinski definition) is 2. The van der Waals surface area contributed by atoms with Crippen LogP contribution in [0.5, 0.6) is 5.75 Å². The Kier molecular flexibility index (Phi) is 8.54. The molecule has 3 N–H and O–H groups in total. The van der Waals surface area contributed by atoms with E-state index in [0.29, 0.717) is 25.7 Å². The highest BCUT2D eigenvalue weighted by Crippen LogP contribution is 2.42. The van der Waals surface area contributed by atoms with Crippen LogP contribution in [0, 0.1) is 5.92 Å². The maximum Gasteiger partial charge on any atom is 0.130 e. The number of nitrogens with one attached hydrogen (secondary N) is 1. The van der Waals surface area contributed by atoms with E-state index >= 15 is 0 Å². The first kappa shape index (κ1) is 30.0. The number of pyridine rings is 1. The molecule has 6 rings (SSSR count). The molecule has 0 radical (unpaired) electrons. The third kappa shape index (κ3) is 5.63. The molecule has 7 heteroatoms. The Morgan fingerprint density at radius 3 is 2.55 bits per heavy atom. The smallest absolute Gasteiger partial charge is 0.130 e. The molecule has 6 bridgehead atoms. The van der Waals surface area contributed by atoms with E-state index in [0.717, 1.165) is 74.5 Å². The molecule has 228 valence electrons. The first-order chi connectivity index (χ1) is 21.3. The topological polar surface area (TPSA) is 85.0 Å². The second kappa shape index (κ2) is 12.5. The summed E-state index contributed by atoms with van der Waals surface area (Å²) in [6.45, 7) is 11.9. The van der Waals surface area contributed by atoms with Crippen molar-refractivity contribution in [3.8, 4) is 16.9 Å². The number of aromatic nitrogens is 1. The SMILES string of the molecule is CN[C@]1(/C(C)=C/N=CC(C)C)c2ccc(C(C)N)c(c2)COc2cccc(c2)-c2cc(N3CCOCC3)nc3ccc1cc23. The van der Waals surface area contributed by atoms with Crippen LogP contribution >= 0.6 is 0 Å². The van der Waals surface area contributed by atoms with E-state index in [1.165, 1.54) is 0 Å². The van der Waals surface area contributed by atoms with Gasteiger partial charge in [0.25, 0.3) is 0 Å². The quantitative estimate of drug-likeness (QED) is 0.242. The molecule has 2 atom stereocenters. The summed E-state index contributed by atoms with van der Waals surface area (Å²) in [6.07, 6.45) is 3.96. The van der Waals surface area contributed by atoms with Crippen LogP contribution in [0.2, 0.25) is 0 Å². The number of rotatable bonds is 6. The van der Waals surface area contributed by atoms with Gasteiger partial charge in [-0.1, -0.05) is 44.2 Å². The minimum atomic E-state index is -0.666. The zero-order valence-electron chi connectivity index (χ0n) is 26.4. The summed E-state index contributed by atoms with van der Waals surface area (Å²) in [6, 6.07) is 23.7. The highest BCUT2D eigenvalue weighted by atomic mass is 16.5. The molecule has 1 unspecified atom stereocenters. The van der Waals surface area contributed by atoms with Gasteiger partial charge >= 0.3 is 0 Å². The molecule has 44 heavy (non-hydrogen) atoms. The number of nitrogens with zero attached hydrogens (tertiary/aromatic N) is 3. The number of benzene rings is 3. The van der Waals surface area contributed by atoms with Crippen molar-refractivity contribution in [1.82, 2.24) is 10.3 Å². The Balaban J connectivity index is 1.65. The number of anilines is 1. The van der Waals surface area contributed by atoms with Crippen LogP contribution in [-0.2, 0) is 16.9 Å². The van der Waals surface area contributed by atoms with Crippen LogP contribution < -0.4 is 20.7 Å². The van der Waals surface area contributed by atoms with Gasteiger partial charge in [-0.25, -0.2) is 4.98 Å². The lowest BCUT2D eigenvalue weighted by Crippen LogP contribution is -2.42. The van der Waals surface area contributed by atoms with E-state index in [9.17, 15) is 0 Å². The van der Waals surface area contributed by atoms with Crippen molar-refractivity contribution < 1.29 is 9.47 Å². The first-order valence-corrected chi connectivity index (χ1v) is 15.6. The summed E-state index contributed by atoms with van der Waals surface area (Å²) < 4.78 is 12.1. The molecule has 7 nitrogen and oxygen atoms in total. The molecular formula is C37H43N5O2. The number of aliphatic imine (C=N–C) groups is 1. The Morgan fingerprint density at radius 2 is 1.80 bits per heavy atom. The molecule has 0 amide bonds. The summed E-state index contributed by atoms with van der Waals surface area (Å²) >= 11 is 0. The number of likely N-dealkylation sites (N-methyl/N-ethyl adjacent to an activating group) is 1. The molecular weight excluding hydrogens is 546 g/mol. The molecule has 2 aliphatic rings. The van der Waals surface area contributed by atoms with Crippen LogP contribution in [0.3, 0.4) is 0 Å². The molecule has 2 aliphatic heterocycles. The van der Waals surface area contributed by atoms with Crippen molar-refractivity contribution in [1.29, 1.82) is 0 Å². The van der Waals surface area contributed by atoms with Crippen molar-refractivity contribution in [3.63, 3.8) is 0 Å². The summed E-state index contributed by atoms with van der Waals surface area (Å²) in [5.41, 5.74) is 14.4. The van der Waals surface area contributed by atoms with Crippen LogP contribution in [0.15, 0.2) is 83.5 Å². The lowest BCUT2D eigenvalue weighted by Gasteiger charge is -2.37. The fourth-order valence-corrected chi connectivity index (χ4v) is 6.49. The molecule has 0 spiro atoms. The average Bonchev–Trinajstić information content (AvgIpc) is 3.04. The van der Waals surface area contributed by atoms with E-state index in [1.807, 2.05) is 32.5 Å². The van der Waals surface area contributed by atoms with Crippen molar-refractivity contribution >= 4 is 22.9 Å². The molecule has 1 saturated heterocycles. The average molecular weight is 590 g/mol. The second-order valence-electron chi connectivity index (χ2n) is 12.2.